The van der Waals surface area contributed by atoms with Crippen LogP contribution in [0.4, 0.5) is 0 Å². The minimum atomic E-state index is -3.76. The number of sulfonamides is 1. The summed E-state index contributed by atoms with van der Waals surface area (Å²) in [6.45, 7) is 6.83. The van der Waals surface area contributed by atoms with Gasteiger partial charge in [-0.25, -0.2) is 8.42 Å². The quantitative estimate of drug-likeness (QED) is 0.735. The van der Waals surface area contributed by atoms with E-state index in [0.29, 0.717) is 13.0 Å². The van der Waals surface area contributed by atoms with Crippen LogP contribution in [0.2, 0.25) is 0 Å². The number of nitrogens with one attached hydrogen (secondary N) is 2. The molecule has 7 heteroatoms. The summed E-state index contributed by atoms with van der Waals surface area (Å²) < 4.78 is 33.3. The van der Waals surface area contributed by atoms with Crippen molar-refractivity contribution in [2.45, 2.75) is 57.1 Å². The molecule has 1 aliphatic rings. The second-order valence-electron chi connectivity index (χ2n) is 6.68. The van der Waals surface area contributed by atoms with Crippen molar-refractivity contribution >= 4 is 15.9 Å². The average Bonchev–Trinajstić information content (AvgIpc) is 3.11. The van der Waals surface area contributed by atoms with Crippen molar-refractivity contribution in [3.63, 3.8) is 0 Å². The van der Waals surface area contributed by atoms with Gasteiger partial charge in [-0.05, 0) is 37.8 Å². The molecule has 1 aromatic carbocycles. The van der Waals surface area contributed by atoms with Gasteiger partial charge in [0.25, 0.3) is 0 Å². The van der Waals surface area contributed by atoms with Crippen LogP contribution < -0.4 is 10.0 Å². The number of carbonyl (C=O) groups excluding carboxylic acids is 1. The Hall–Kier alpha value is -1.44. The van der Waals surface area contributed by atoms with Crippen LogP contribution >= 0.6 is 0 Å². The van der Waals surface area contributed by atoms with E-state index in [1.807, 2.05) is 20.8 Å². The third kappa shape index (κ3) is 5.52. The van der Waals surface area contributed by atoms with Crippen molar-refractivity contribution in [3.8, 4) is 0 Å². The van der Waals surface area contributed by atoms with Gasteiger partial charge in [0, 0.05) is 13.2 Å². The Labute approximate surface area is 150 Å². The van der Waals surface area contributed by atoms with Crippen LogP contribution in [0.1, 0.15) is 38.7 Å². The molecule has 1 aliphatic heterocycles. The van der Waals surface area contributed by atoms with Gasteiger partial charge in [-0.15, -0.1) is 0 Å². The molecule has 1 aromatic rings. The normalized spacial score (nSPS) is 20.2. The summed E-state index contributed by atoms with van der Waals surface area (Å²) in [4.78, 5) is 12.7. The highest BCUT2D eigenvalue weighted by molar-refractivity contribution is 7.89. The Bertz CT molecular complexity index is 667. The smallest absolute Gasteiger partial charge is 0.241 e. The zero-order chi connectivity index (χ0) is 18.4. The third-order valence-electron chi connectivity index (χ3n) is 4.64. The maximum absolute atomic E-state index is 12.6. The number of aryl methyl sites for hydroxylation is 1. The van der Waals surface area contributed by atoms with E-state index in [4.69, 9.17) is 4.74 Å². The van der Waals surface area contributed by atoms with Gasteiger partial charge in [0.15, 0.2) is 0 Å². The first-order valence-electron chi connectivity index (χ1n) is 8.81. The summed E-state index contributed by atoms with van der Waals surface area (Å²) in [7, 11) is -3.76. The summed E-state index contributed by atoms with van der Waals surface area (Å²) in [6.07, 6.45) is 2.63. The van der Waals surface area contributed by atoms with Crippen LogP contribution in [0.25, 0.3) is 0 Å². The molecule has 0 spiro atoms. The summed E-state index contributed by atoms with van der Waals surface area (Å²) in [5.41, 5.74) is 0.978. The number of hydrogen-bond donors (Lipinski definition) is 2. The summed E-state index contributed by atoms with van der Waals surface area (Å²) in [5, 5.41) is 2.83. The molecule has 0 unspecified atom stereocenters. The Morgan fingerprint density at radius 2 is 2.00 bits per heavy atom. The van der Waals surface area contributed by atoms with Crippen molar-refractivity contribution in [1.29, 1.82) is 0 Å². The van der Waals surface area contributed by atoms with E-state index in [1.165, 1.54) is 0 Å². The first-order chi connectivity index (χ1) is 11.8. The van der Waals surface area contributed by atoms with Gasteiger partial charge in [0.05, 0.1) is 11.0 Å². The zero-order valence-electron chi connectivity index (χ0n) is 15.1. The van der Waals surface area contributed by atoms with Gasteiger partial charge >= 0.3 is 0 Å². The lowest BCUT2D eigenvalue weighted by molar-refractivity contribution is -0.124. The number of benzene rings is 1. The van der Waals surface area contributed by atoms with Crippen molar-refractivity contribution in [1.82, 2.24) is 10.0 Å². The molecule has 1 saturated heterocycles. The molecule has 0 aromatic heterocycles. The second kappa shape index (κ2) is 8.78. The molecule has 25 heavy (non-hydrogen) atoms. The molecule has 0 saturated carbocycles. The predicted octanol–water partition coefficient (Wildman–Crippen LogP) is 1.98. The minimum absolute atomic E-state index is 0.0234. The van der Waals surface area contributed by atoms with Gasteiger partial charge in [0.1, 0.15) is 6.04 Å². The number of ether oxygens (including phenoxy) is 1. The summed E-state index contributed by atoms with van der Waals surface area (Å²) in [6, 6.07) is 5.78. The van der Waals surface area contributed by atoms with Crippen molar-refractivity contribution < 1.29 is 17.9 Å². The number of carbonyl (C=O) groups is 1. The maximum atomic E-state index is 12.6. The van der Waals surface area contributed by atoms with Crippen molar-refractivity contribution in [3.05, 3.63) is 29.8 Å². The first kappa shape index (κ1) is 19.9. The molecular weight excluding hydrogens is 340 g/mol. The third-order valence-corrected chi connectivity index (χ3v) is 6.09. The highest BCUT2D eigenvalue weighted by Crippen LogP contribution is 2.16. The molecule has 0 radical (unpaired) electrons. The Kier molecular flexibility index (Phi) is 6.98. The van der Waals surface area contributed by atoms with E-state index in [9.17, 15) is 13.2 Å². The molecule has 0 aliphatic carbocycles. The molecule has 2 N–H and O–H groups in total. The van der Waals surface area contributed by atoms with Gasteiger partial charge in [-0.3, -0.25) is 4.79 Å². The van der Waals surface area contributed by atoms with Crippen LogP contribution in [0.15, 0.2) is 29.2 Å². The fourth-order valence-corrected chi connectivity index (χ4v) is 4.05. The SMILES string of the molecule is CC[C@H](C)[C@H](NS(=O)(=O)c1ccc(C)cc1)C(=O)NC[C@H]1CCCO1. The lowest BCUT2D eigenvalue weighted by Gasteiger charge is -2.24. The lowest BCUT2D eigenvalue weighted by atomic mass is 9.99. The monoisotopic (exact) mass is 368 g/mol. The maximum Gasteiger partial charge on any atom is 0.241 e. The lowest BCUT2D eigenvalue weighted by Crippen LogP contribution is -2.51. The van der Waals surface area contributed by atoms with Crippen LogP contribution in [0.5, 0.6) is 0 Å². The standard InChI is InChI=1S/C18H28N2O4S/c1-4-14(3)17(18(21)19-12-15-6-5-11-24-15)20-25(22,23)16-9-7-13(2)8-10-16/h7-10,14-15,17,20H,4-6,11-12H2,1-3H3,(H,19,21)/t14-,15+,17-/m0/s1. The minimum Gasteiger partial charge on any atom is -0.376 e. The van der Waals surface area contributed by atoms with Gasteiger partial charge < -0.3 is 10.1 Å². The predicted molar refractivity (Wildman–Crippen MR) is 96.7 cm³/mol. The molecular formula is C18H28N2O4S. The van der Waals surface area contributed by atoms with E-state index in [2.05, 4.69) is 10.0 Å². The average molecular weight is 368 g/mol. The second-order valence-corrected chi connectivity index (χ2v) is 8.39. The van der Waals surface area contributed by atoms with Crippen molar-refractivity contribution in [2.24, 2.45) is 5.92 Å². The van der Waals surface area contributed by atoms with Gasteiger partial charge in [-0.1, -0.05) is 38.0 Å². The Morgan fingerprint density at radius 1 is 1.32 bits per heavy atom. The van der Waals surface area contributed by atoms with Crippen molar-refractivity contribution in [2.75, 3.05) is 13.2 Å². The summed E-state index contributed by atoms with van der Waals surface area (Å²) in [5.74, 6) is -0.426. The van der Waals surface area contributed by atoms with Gasteiger partial charge in [0.2, 0.25) is 15.9 Å². The fourth-order valence-electron chi connectivity index (χ4n) is 2.75. The van der Waals surface area contributed by atoms with E-state index in [1.54, 1.807) is 24.3 Å². The molecule has 6 nitrogen and oxygen atoms in total. The zero-order valence-corrected chi connectivity index (χ0v) is 15.9. The topological polar surface area (TPSA) is 84.5 Å². The van der Waals surface area contributed by atoms with Crippen LogP contribution in [0, 0.1) is 12.8 Å². The summed E-state index contributed by atoms with van der Waals surface area (Å²) >= 11 is 0. The number of rotatable bonds is 8. The fraction of sp³-hybridized carbons (Fsp3) is 0.611. The number of hydrogen-bond acceptors (Lipinski definition) is 4. The Balaban J connectivity index is 2.07. The highest BCUT2D eigenvalue weighted by atomic mass is 32.2. The molecule has 1 amide bonds. The van der Waals surface area contributed by atoms with E-state index < -0.39 is 16.1 Å². The van der Waals surface area contributed by atoms with Crippen LogP contribution in [-0.2, 0) is 19.6 Å². The molecule has 1 fully saturated rings. The molecule has 140 valence electrons. The molecule has 0 bridgehead atoms. The van der Waals surface area contributed by atoms with Gasteiger partial charge in [-0.2, -0.15) is 4.72 Å². The van der Waals surface area contributed by atoms with E-state index in [0.717, 1.165) is 25.0 Å². The van der Waals surface area contributed by atoms with E-state index >= 15 is 0 Å². The Morgan fingerprint density at radius 3 is 2.56 bits per heavy atom. The van der Waals surface area contributed by atoms with E-state index in [-0.39, 0.29) is 22.8 Å². The number of amides is 1. The molecule has 2 rings (SSSR count). The van der Waals surface area contributed by atoms with Crippen LogP contribution in [0.3, 0.4) is 0 Å². The highest BCUT2D eigenvalue weighted by Gasteiger charge is 2.30. The largest absolute Gasteiger partial charge is 0.376 e. The molecule has 3 atom stereocenters. The molecule has 1 heterocycles. The van der Waals surface area contributed by atoms with Crippen LogP contribution in [-0.4, -0.2) is 39.6 Å². The first-order valence-corrected chi connectivity index (χ1v) is 10.3.